The average molecular weight is 382 g/mol. The van der Waals surface area contributed by atoms with Crippen LogP contribution >= 0.6 is 0 Å². The second-order valence-corrected chi connectivity index (χ2v) is 7.88. The highest BCUT2D eigenvalue weighted by Gasteiger charge is 2.46. The maximum atomic E-state index is 8.52. The van der Waals surface area contributed by atoms with Crippen molar-refractivity contribution in [2.45, 2.75) is 33.2 Å². The number of hydrogen-bond acceptors (Lipinski definition) is 9. The van der Waals surface area contributed by atoms with Crippen LogP contribution in [0.5, 0.6) is 0 Å². The minimum Gasteiger partial charge on any atom is -0.374 e. The van der Waals surface area contributed by atoms with Crippen LogP contribution in [0.2, 0.25) is 5.54 Å². The van der Waals surface area contributed by atoms with E-state index in [2.05, 4.69) is 40.3 Å². The lowest BCUT2D eigenvalue weighted by molar-refractivity contribution is 0.0636. The van der Waals surface area contributed by atoms with E-state index in [9.17, 15) is 0 Å². The molecule has 0 aliphatic rings. The summed E-state index contributed by atoms with van der Waals surface area (Å²) >= 11 is 0. The lowest BCUT2D eigenvalue weighted by Crippen LogP contribution is -2.51. The standard InChI is InChI=1S/C12H22N10O3Si/c1-5-23-26(24-6-2,25-7-3)9(4)8-15-10-16-11(19-21-13)18-12(17-10)20-22-14/h9H,5-8H2,1-4H3,(H,15,16,17,18). The molecule has 1 atom stereocenters. The Bertz CT molecular complexity index is 624. The molecule has 1 rings (SSSR count). The Hall–Kier alpha value is -2.47. The monoisotopic (exact) mass is 382 g/mol. The molecule has 0 aliphatic heterocycles. The molecule has 0 aromatic carbocycles. The molecule has 0 radical (unpaired) electrons. The Kier molecular flexibility index (Phi) is 9.29. The first-order valence-corrected chi connectivity index (χ1v) is 9.87. The predicted octanol–water partition coefficient (Wildman–Crippen LogP) is 3.61. The minimum atomic E-state index is -2.91. The number of rotatable bonds is 12. The smallest absolute Gasteiger partial charge is 0.374 e. The summed E-state index contributed by atoms with van der Waals surface area (Å²) in [5.41, 5.74) is 16.9. The van der Waals surface area contributed by atoms with Gasteiger partial charge in [0.25, 0.3) is 0 Å². The fourth-order valence-electron chi connectivity index (χ4n) is 2.13. The van der Waals surface area contributed by atoms with Gasteiger partial charge in [0.2, 0.25) is 17.8 Å². The Morgan fingerprint density at radius 3 is 1.81 bits per heavy atom. The first-order chi connectivity index (χ1) is 12.5. The first-order valence-electron chi connectivity index (χ1n) is 8.07. The molecule has 1 heterocycles. The number of anilines is 1. The summed E-state index contributed by atoms with van der Waals surface area (Å²) in [4.78, 5) is 16.8. The van der Waals surface area contributed by atoms with E-state index >= 15 is 0 Å². The number of hydrogen-bond donors (Lipinski definition) is 1. The molecule has 0 fully saturated rings. The van der Waals surface area contributed by atoms with Crippen LogP contribution in [0.15, 0.2) is 10.2 Å². The molecule has 1 unspecified atom stereocenters. The van der Waals surface area contributed by atoms with Crippen LogP contribution < -0.4 is 5.32 Å². The van der Waals surface area contributed by atoms with Gasteiger partial charge in [-0.15, -0.1) is 0 Å². The lowest BCUT2D eigenvalue weighted by Gasteiger charge is -2.33. The summed E-state index contributed by atoms with van der Waals surface area (Å²) in [5.74, 6) is -0.310. The van der Waals surface area contributed by atoms with E-state index in [0.717, 1.165) is 0 Å². The Labute approximate surface area is 151 Å². The van der Waals surface area contributed by atoms with Gasteiger partial charge < -0.3 is 18.6 Å². The van der Waals surface area contributed by atoms with Gasteiger partial charge in [-0.25, -0.2) is 4.98 Å². The maximum absolute atomic E-state index is 8.52. The Morgan fingerprint density at radius 1 is 0.962 bits per heavy atom. The van der Waals surface area contributed by atoms with E-state index in [1.807, 2.05) is 27.7 Å². The highest BCUT2D eigenvalue weighted by Crippen LogP contribution is 2.26. The van der Waals surface area contributed by atoms with E-state index in [-0.39, 0.29) is 23.4 Å². The van der Waals surface area contributed by atoms with Crippen molar-refractivity contribution in [1.82, 2.24) is 15.0 Å². The second kappa shape index (κ2) is 11.2. The molecule has 0 spiro atoms. The molecular formula is C12H22N10O3Si. The van der Waals surface area contributed by atoms with E-state index in [1.165, 1.54) is 0 Å². The average Bonchev–Trinajstić information content (AvgIpc) is 2.60. The van der Waals surface area contributed by atoms with E-state index in [1.54, 1.807) is 0 Å². The van der Waals surface area contributed by atoms with Crippen LogP contribution in [0.1, 0.15) is 27.7 Å². The second-order valence-electron chi connectivity index (χ2n) is 4.82. The summed E-state index contributed by atoms with van der Waals surface area (Å²) in [6, 6.07) is 0. The zero-order chi connectivity index (χ0) is 19.4. The van der Waals surface area contributed by atoms with Crippen molar-refractivity contribution in [3.8, 4) is 0 Å². The van der Waals surface area contributed by atoms with Crippen molar-refractivity contribution < 1.29 is 13.3 Å². The molecule has 26 heavy (non-hydrogen) atoms. The van der Waals surface area contributed by atoms with Crippen LogP contribution in [0, 0.1) is 0 Å². The third-order valence-electron chi connectivity index (χ3n) is 3.09. The van der Waals surface area contributed by atoms with Crippen molar-refractivity contribution in [2.75, 3.05) is 31.7 Å². The summed E-state index contributed by atoms with van der Waals surface area (Å²) in [6.07, 6.45) is 0. The summed E-state index contributed by atoms with van der Waals surface area (Å²) in [5, 5.41) is 9.60. The van der Waals surface area contributed by atoms with Crippen LogP contribution in [-0.4, -0.2) is 50.1 Å². The van der Waals surface area contributed by atoms with Crippen molar-refractivity contribution in [1.29, 1.82) is 0 Å². The third kappa shape index (κ3) is 6.11. The zero-order valence-electron chi connectivity index (χ0n) is 15.2. The van der Waals surface area contributed by atoms with Gasteiger partial charge in [-0.05, 0) is 42.1 Å². The van der Waals surface area contributed by atoms with Gasteiger partial charge in [-0.2, -0.15) is 9.97 Å². The van der Waals surface area contributed by atoms with Crippen molar-refractivity contribution in [2.24, 2.45) is 10.2 Å². The predicted molar refractivity (Wildman–Crippen MR) is 96.0 cm³/mol. The molecule has 0 amide bonds. The molecule has 142 valence electrons. The van der Waals surface area contributed by atoms with Gasteiger partial charge in [-0.1, -0.05) is 6.92 Å². The molecular weight excluding hydrogens is 360 g/mol. The van der Waals surface area contributed by atoms with Crippen LogP contribution in [0.25, 0.3) is 20.9 Å². The summed E-state index contributed by atoms with van der Waals surface area (Å²) in [7, 11) is -2.91. The van der Waals surface area contributed by atoms with Crippen LogP contribution in [-0.2, 0) is 13.3 Å². The lowest BCUT2D eigenvalue weighted by atomic mass is 10.5. The minimum absolute atomic E-state index is 0.101. The van der Waals surface area contributed by atoms with E-state index in [0.29, 0.717) is 26.4 Å². The van der Waals surface area contributed by atoms with Crippen LogP contribution in [0.3, 0.4) is 0 Å². The molecule has 1 aromatic rings. The van der Waals surface area contributed by atoms with Crippen molar-refractivity contribution in [3.05, 3.63) is 20.9 Å². The van der Waals surface area contributed by atoms with E-state index in [4.69, 9.17) is 24.3 Å². The quantitative estimate of drug-likeness (QED) is 0.248. The fourth-order valence-corrected chi connectivity index (χ4v) is 4.79. The number of aromatic nitrogens is 3. The maximum Gasteiger partial charge on any atom is 0.505 e. The number of nitrogens with one attached hydrogen (secondary N) is 1. The molecule has 0 aliphatic carbocycles. The van der Waals surface area contributed by atoms with Crippen molar-refractivity contribution in [3.63, 3.8) is 0 Å². The van der Waals surface area contributed by atoms with Gasteiger partial charge >= 0.3 is 8.80 Å². The van der Waals surface area contributed by atoms with Gasteiger partial charge in [0.15, 0.2) is 0 Å². The largest absolute Gasteiger partial charge is 0.505 e. The summed E-state index contributed by atoms with van der Waals surface area (Å²) < 4.78 is 17.6. The first kappa shape index (κ1) is 21.6. The molecule has 0 saturated carbocycles. The highest BCUT2D eigenvalue weighted by molar-refractivity contribution is 6.62. The molecule has 0 bridgehead atoms. The fraction of sp³-hybridized carbons (Fsp3) is 0.750. The normalized spacial score (nSPS) is 12.0. The molecule has 14 heteroatoms. The third-order valence-corrected chi connectivity index (χ3v) is 6.57. The van der Waals surface area contributed by atoms with Gasteiger partial charge in [-0.3, -0.25) is 0 Å². The van der Waals surface area contributed by atoms with E-state index < -0.39 is 8.80 Å². The van der Waals surface area contributed by atoms with Gasteiger partial charge in [0.05, 0.1) is 0 Å². The molecule has 13 nitrogen and oxygen atoms in total. The van der Waals surface area contributed by atoms with Gasteiger partial charge in [0, 0.05) is 41.7 Å². The Balaban J connectivity index is 3.00. The van der Waals surface area contributed by atoms with Crippen LogP contribution in [0.4, 0.5) is 17.8 Å². The number of nitrogens with zero attached hydrogens (tertiary/aromatic N) is 9. The highest BCUT2D eigenvalue weighted by atomic mass is 28.4. The molecule has 1 N–H and O–H groups in total. The van der Waals surface area contributed by atoms with Gasteiger partial charge in [0.1, 0.15) is 0 Å². The zero-order valence-corrected chi connectivity index (χ0v) is 16.2. The number of azide groups is 2. The SMILES string of the molecule is CCO[Si](OCC)(OCC)C(C)CNc1nc(N=[N+]=[N-])nc(N=[N+]=[N-])n1. The molecule has 1 aromatic heterocycles. The Morgan fingerprint density at radius 2 is 1.42 bits per heavy atom. The molecule has 0 saturated heterocycles. The topological polar surface area (TPSA) is 176 Å². The van der Waals surface area contributed by atoms with Crippen molar-refractivity contribution >= 4 is 26.6 Å². The summed E-state index contributed by atoms with van der Waals surface area (Å²) in [6.45, 7) is 9.32.